The molecule has 0 saturated heterocycles. The topological polar surface area (TPSA) is 121 Å². The summed E-state index contributed by atoms with van der Waals surface area (Å²) in [5, 5.41) is 10.9. The number of nitrogens with one attached hydrogen (secondary N) is 1. The van der Waals surface area contributed by atoms with Crippen molar-refractivity contribution in [3.05, 3.63) is 44.9 Å². The first-order valence-electron chi connectivity index (χ1n) is 9.22. The normalized spacial score (nSPS) is 11.8. The number of aryl methyl sites for hydroxylation is 2. The number of primary amides is 1. The molecule has 0 aromatic carbocycles. The Morgan fingerprint density at radius 1 is 1.24 bits per heavy atom. The zero-order valence-electron chi connectivity index (χ0n) is 17.3. The first kappa shape index (κ1) is 22.9. The lowest BCUT2D eigenvalue weighted by atomic mass is 10.0. The Balaban J connectivity index is 2.02. The minimum absolute atomic E-state index is 0.0197. The van der Waals surface area contributed by atoms with Crippen LogP contribution < -0.4 is 11.1 Å². The Morgan fingerprint density at radius 3 is 2.45 bits per heavy atom. The second kappa shape index (κ2) is 7.95. The van der Waals surface area contributed by atoms with E-state index < -0.39 is 23.7 Å². The maximum atomic E-state index is 13.6. The number of hydrogen-bond donors (Lipinski definition) is 2. The third-order valence-electron chi connectivity index (χ3n) is 4.94. The standard InChI is InChI=1S/C19H15BrF3N7O2S/c1-7-9(5-25-30(7)3)8-4-11(19(21,22)23)26-18-12(8)14(15(33-18)16(24)31)27-17(32)13-10(20)6-29(2)28-13/h4-6H,1-3H3,(H2,24,31)(H,27,32). The van der Waals surface area contributed by atoms with Crippen molar-refractivity contribution in [1.29, 1.82) is 0 Å². The highest BCUT2D eigenvalue weighted by Crippen LogP contribution is 2.44. The van der Waals surface area contributed by atoms with Crippen LogP contribution >= 0.6 is 27.3 Å². The average Bonchev–Trinajstić information content (AvgIpc) is 3.36. The summed E-state index contributed by atoms with van der Waals surface area (Å²) in [7, 11) is 3.26. The van der Waals surface area contributed by atoms with Gasteiger partial charge in [0.05, 0.1) is 16.4 Å². The summed E-state index contributed by atoms with van der Waals surface area (Å²) < 4.78 is 44.1. The maximum absolute atomic E-state index is 13.6. The monoisotopic (exact) mass is 541 g/mol. The van der Waals surface area contributed by atoms with Gasteiger partial charge in [0.25, 0.3) is 11.8 Å². The second-order valence-corrected chi connectivity index (χ2v) is 8.98. The summed E-state index contributed by atoms with van der Waals surface area (Å²) >= 11 is 3.90. The highest BCUT2D eigenvalue weighted by Gasteiger charge is 2.35. The number of nitrogens with zero attached hydrogens (tertiary/aromatic N) is 5. The summed E-state index contributed by atoms with van der Waals surface area (Å²) in [4.78, 5) is 28.6. The van der Waals surface area contributed by atoms with Crippen molar-refractivity contribution >= 4 is 55.0 Å². The summed E-state index contributed by atoms with van der Waals surface area (Å²) in [5.74, 6) is -1.60. The molecular weight excluding hydrogens is 527 g/mol. The number of carbonyl (C=O) groups is 2. The number of thiophene rings is 1. The number of amides is 2. The van der Waals surface area contributed by atoms with Gasteiger partial charge in [0.15, 0.2) is 5.69 Å². The molecule has 4 rings (SSSR count). The minimum atomic E-state index is -4.74. The zero-order valence-corrected chi connectivity index (χ0v) is 19.7. The van der Waals surface area contributed by atoms with Crippen LogP contribution in [-0.2, 0) is 20.3 Å². The molecule has 0 radical (unpaired) electrons. The van der Waals surface area contributed by atoms with Crippen LogP contribution in [0, 0.1) is 6.92 Å². The zero-order chi connectivity index (χ0) is 24.2. The molecule has 9 nitrogen and oxygen atoms in total. The number of pyridine rings is 1. The minimum Gasteiger partial charge on any atom is -0.365 e. The fourth-order valence-electron chi connectivity index (χ4n) is 3.30. The fourth-order valence-corrected chi connectivity index (χ4v) is 4.86. The largest absolute Gasteiger partial charge is 0.433 e. The van der Waals surface area contributed by atoms with E-state index in [1.807, 2.05) is 0 Å². The molecule has 33 heavy (non-hydrogen) atoms. The Hall–Kier alpha value is -3.26. The van der Waals surface area contributed by atoms with E-state index in [1.165, 1.54) is 15.6 Å². The van der Waals surface area contributed by atoms with Crippen molar-refractivity contribution in [2.45, 2.75) is 13.1 Å². The van der Waals surface area contributed by atoms with Gasteiger partial charge in [-0.05, 0) is 34.5 Å². The Kier molecular flexibility index (Phi) is 5.52. The first-order chi connectivity index (χ1) is 15.4. The SMILES string of the molecule is Cc1c(-c2cc(C(F)(F)F)nc3sc(C(N)=O)c(NC(=O)c4nn(C)cc4Br)c23)cnn1C. The highest BCUT2D eigenvalue weighted by atomic mass is 79.9. The van der Waals surface area contributed by atoms with Crippen molar-refractivity contribution in [3.8, 4) is 11.1 Å². The number of halogens is 4. The van der Waals surface area contributed by atoms with Gasteiger partial charge in [-0.15, -0.1) is 11.3 Å². The van der Waals surface area contributed by atoms with E-state index in [4.69, 9.17) is 5.73 Å². The van der Waals surface area contributed by atoms with Crippen molar-refractivity contribution in [2.75, 3.05) is 5.32 Å². The number of anilines is 1. The van der Waals surface area contributed by atoms with Gasteiger partial charge >= 0.3 is 6.18 Å². The van der Waals surface area contributed by atoms with Crippen molar-refractivity contribution in [2.24, 2.45) is 19.8 Å². The Morgan fingerprint density at radius 2 is 1.94 bits per heavy atom. The Labute approximate surface area is 196 Å². The van der Waals surface area contributed by atoms with Gasteiger partial charge in [-0.2, -0.15) is 23.4 Å². The van der Waals surface area contributed by atoms with Gasteiger partial charge < -0.3 is 11.1 Å². The molecule has 0 saturated carbocycles. The van der Waals surface area contributed by atoms with Gasteiger partial charge in [-0.1, -0.05) is 0 Å². The quantitative estimate of drug-likeness (QED) is 0.406. The third kappa shape index (κ3) is 3.99. The van der Waals surface area contributed by atoms with Gasteiger partial charge in [0.1, 0.15) is 15.4 Å². The molecule has 14 heteroatoms. The molecule has 0 unspecified atom stereocenters. The maximum Gasteiger partial charge on any atom is 0.433 e. The van der Waals surface area contributed by atoms with Crippen LogP contribution in [0.25, 0.3) is 21.3 Å². The van der Waals surface area contributed by atoms with Crippen LogP contribution in [0.3, 0.4) is 0 Å². The molecular formula is C19H15BrF3N7O2S. The van der Waals surface area contributed by atoms with E-state index in [-0.39, 0.29) is 32.0 Å². The summed E-state index contributed by atoms with van der Waals surface area (Å²) in [6.45, 7) is 1.69. The first-order valence-corrected chi connectivity index (χ1v) is 10.8. The van der Waals surface area contributed by atoms with Gasteiger partial charge in [0, 0.05) is 36.9 Å². The molecule has 0 aliphatic rings. The molecule has 2 amide bonds. The third-order valence-corrected chi connectivity index (χ3v) is 6.62. The predicted octanol–water partition coefficient (Wildman–Crippen LogP) is 3.87. The molecule has 0 fully saturated rings. The van der Waals surface area contributed by atoms with Crippen LogP contribution in [-0.4, -0.2) is 36.4 Å². The van der Waals surface area contributed by atoms with E-state index >= 15 is 0 Å². The smallest absolute Gasteiger partial charge is 0.365 e. The van der Waals surface area contributed by atoms with Crippen molar-refractivity contribution in [3.63, 3.8) is 0 Å². The lowest BCUT2D eigenvalue weighted by molar-refractivity contribution is -0.140. The van der Waals surface area contributed by atoms with E-state index in [9.17, 15) is 22.8 Å². The van der Waals surface area contributed by atoms with Crippen LogP contribution in [0.1, 0.15) is 31.5 Å². The average molecular weight is 542 g/mol. The van der Waals surface area contributed by atoms with E-state index in [0.717, 1.165) is 6.07 Å². The van der Waals surface area contributed by atoms with Gasteiger partial charge in [-0.25, -0.2) is 4.98 Å². The van der Waals surface area contributed by atoms with Gasteiger partial charge in [-0.3, -0.25) is 19.0 Å². The fraction of sp³-hybridized carbons (Fsp3) is 0.211. The number of hydrogen-bond acceptors (Lipinski definition) is 6. The van der Waals surface area contributed by atoms with Crippen molar-refractivity contribution < 1.29 is 22.8 Å². The molecule has 172 valence electrons. The lowest BCUT2D eigenvalue weighted by Gasteiger charge is -2.12. The summed E-state index contributed by atoms with van der Waals surface area (Å²) in [6, 6.07) is 0.871. The van der Waals surface area contributed by atoms with E-state index in [2.05, 4.69) is 36.4 Å². The Bertz CT molecular complexity index is 1440. The van der Waals surface area contributed by atoms with E-state index in [1.54, 1.807) is 27.2 Å². The molecule has 0 spiro atoms. The molecule has 0 bridgehead atoms. The number of carbonyl (C=O) groups excluding carboxylic acids is 2. The molecule has 0 aliphatic carbocycles. The number of fused-ring (bicyclic) bond motifs is 1. The number of aromatic nitrogens is 5. The molecule has 0 aliphatic heterocycles. The summed E-state index contributed by atoms with van der Waals surface area (Å²) in [5.41, 5.74) is 5.41. The van der Waals surface area contributed by atoms with Crippen molar-refractivity contribution in [1.82, 2.24) is 24.5 Å². The van der Waals surface area contributed by atoms with Gasteiger partial charge in [0.2, 0.25) is 0 Å². The number of rotatable bonds is 4. The van der Waals surface area contributed by atoms with E-state index in [0.29, 0.717) is 27.1 Å². The molecule has 4 aromatic heterocycles. The van der Waals surface area contributed by atoms with Crippen LogP contribution in [0.5, 0.6) is 0 Å². The van der Waals surface area contributed by atoms with Crippen LogP contribution in [0.15, 0.2) is 22.9 Å². The second-order valence-electron chi connectivity index (χ2n) is 7.12. The number of nitrogens with two attached hydrogens (primary N) is 1. The number of alkyl halides is 3. The molecule has 4 heterocycles. The molecule has 3 N–H and O–H groups in total. The van der Waals surface area contributed by atoms with Crippen LogP contribution in [0.2, 0.25) is 0 Å². The highest BCUT2D eigenvalue weighted by molar-refractivity contribution is 9.10. The molecule has 0 atom stereocenters. The summed E-state index contributed by atoms with van der Waals surface area (Å²) in [6.07, 6.45) is -1.78. The molecule has 4 aromatic rings. The lowest BCUT2D eigenvalue weighted by Crippen LogP contribution is -2.17. The predicted molar refractivity (Wildman–Crippen MR) is 119 cm³/mol. The van der Waals surface area contributed by atoms with Crippen LogP contribution in [0.4, 0.5) is 18.9 Å².